The van der Waals surface area contributed by atoms with E-state index in [2.05, 4.69) is 5.32 Å². The van der Waals surface area contributed by atoms with Crippen LogP contribution in [0.3, 0.4) is 0 Å². The third-order valence-corrected chi connectivity index (χ3v) is 3.94. The smallest absolute Gasteiger partial charge is 0.336 e. The van der Waals surface area contributed by atoms with Crippen LogP contribution < -0.4 is 5.32 Å². The van der Waals surface area contributed by atoms with Gasteiger partial charge in [-0.3, -0.25) is 9.59 Å². The van der Waals surface area contributed by atoms with Gasteiger partial charge < -0.3 is 20.4 Å². The Hall–Kier alpha value is -2.90. The number of carboxylic acid groups (broad SMARTS) is 2. The third-order valence-electron chi connectivity index (χ3n) is 3.94. The first-order valence-corrected chi connectivity index (χ1v) is 7.49. The summed E-state index contributed by atoms with van der Waals surface area (Å²) in [6.45, 7) is 1.77. The number of hydrogen-bond donors (Lipinski definition) is 3. The minimum Gasteiger partial charge on any atom is -0.480 e. The molecule has 0 spiro atoms. The number of nitrogens with zero attached hydrogens (tertiary/aromatic N) is 1. The van der Waals surface area contributed by atoms with Gasteiger partial charge in [0.25, 0.3) is 5.91 Å². The molecule has 0 bridgehead atoms. The van der Waals surface area contributed by atoms with E-state index in [1.807, 2.05) is 0 Å². The second-order valence-corrected chi connectivity index (χ2v) is 5.57. The highest BCUT2D eigenvalue weighted by Gasteiger charge is 2.36. The summed E-state index contributed by atoms with van der Waals surface area (Å²) in [6.07, 6.45) is 0.967. The molecule has 0 saturated carbocycles. The van der Waals surface area contributed by atoms with Crippen molar-refractivity contribution in [1.29, 1.82) is 0 Å². The van der Waals surface area contributed by atoms with E-state index in [4.69, 9.17) is 10.2 Å². The molecule has 1 heterocycles. The van der Waals surface area contributed by atoms with E-state index in [9.17, 15) is 19.2 Å². The average molecular weight is 334 g/mol. The van der Waals surface area contributed by atoms with Crippen molar-refractivity contribution in [3.63, 3.8) is 0 Å². The minimum atomic E-state index is -1.25. The van der Waals surface area contributed by atoms with Crippen LogP contribution in [-0.2, 0) is 9.59 Å². The number of aliphatic carboxylic acids is 1. The number of carboxylic acids is 2. The van der Waals surface area contributed by atoms with E-state index in [0.717, 1.165) is 0 Å². The summed E-state index contributed by atoms with van der Waals surface area (Å²) in [7, 11) is 0. The van der Waals surface area contributed by atoms with Gasteiger partial charge in [-0.05, 0) is 31.9 Å². The molecular weight excluding hydrogens is 316 g/mol. The number of carbonyl (C=O) groups is 4. The van der Waals surface area contributed by atoms with Crippen LogP contribution in [0.5, 0.6) is 0 Å². The Balaban J connectivity index is 2.10. The van der Waals surface area contributed by atoms with Gasteiger partial charge in [0.15, 0.2) is 0 Å². The molecule has 8 heteroatoms. The molecule has 2 atom stereocenters. The predicted molar refractivity (Wildman–Crippen MR) is 82.7 cm³/mol. The number of amides is 2. The summed E-state index contributed by atoms with van der Waals surface area (Å²) in [6, 6.07) is 3.82. The number of nitrogens with one attached hydrogen (secondary N) is 1. The van der Waals surface area contributed by atoms with Crippen LogP contribution in [0, 0.1) is 0 Å². The lowest BCUT2D eigenvalue weighted by atomic mass is 10.1. The molecule has 1 aromatic carbocycles. The maximum absolute atomic E-state index is 12.4. The maximum atomic E-state index is 12.4. The van der Waals surface area contributed by atoms with Gasteiger partial charge in [0, 0.05) is 6.54 Å². The Labute approximate surface area is 138 Å². The molecule has 2 rings (SSSR count). The van der Waals surface area contributed by atoms with Crippen LogP contribution in [0.15, 0.2) is 24.3 Å². The molecule has 128 valence electrons. The zero-order valence-corrected chi connectivity index (χ0v) is 13.1. The first-order chi connectivity index (χ1) is 11.3. The molecule has 1 saturated heterocycles. The van der Waals surface area contributed by atoms with Gasteiger partial charge >= 0.3 is 11.9 Å². The standard InChI is InChI=1S/C16H18N2O6/c1-9(14(20)18-8-4-7-12(18)16(23)24)17-13(19)10-5-2-3-6-11(10)15(21)22/h2-3,5-6,9,12H,4,7-8H2,1H3,(H,17,19)(H,21,22)(H,23,24)/t9-,12-/m0/s1. The monoisotopic (exact) mass is 334 g/mol. The molecule has 24 heavy (non-hydrogen) atoms. The van der Waals surface area contributed by atoms with Crippen LogP contribution >= 0.6 is 0 Å². The van der Waals surface area contributed by atoms with E-state index in [-0.39, 0.29) is 11.1 Å². The second kappa shape index (κ2) is 7.12. The Morgan fingerprint density at radius 2 is 1.79 bits per heavy atom. The summed E-state index contributed by atoms with van der Waals surface area (Å²) < 4.78 is 0. The van der Waals surface area contributed by atoms with E-state index in [1.54, 1.807) is 0 Å². The molecular formula is C16H18N2O6. The van der Waals surface area contributed by atoms with Crippen molar-refractivity contribution in [3.05, 3.63) is 35.4 Å². The third kappa shape index (κ3) is 3.53. The fourth-order valence-corrected chi connectivity index (χ4v) is 2.74. The lowest BCUT2D eigenvalue weighted by Crippen LogP contribution is -2.50. The van der Waals surface area contributed by atoms with E-state index in [0.29, 0.717) is 19.4 Å². The lowest BCUT2D eigenvalue weighted by Gasteiger charge is -2.25. The van der Waals surface area contributed by atoms with Gasteiger partial charge in [-0.1, -0.05) is 12.1 Å². The lowest BCUT2D eigenvalue weighted by molar-refractivity contribution is -0.148. The van der Waals surface area contributed by atoms with Gasteiger partial charge in [-0.15, -0.1) is 0 Å². The number of rotatable bonds is 5. The highest BCUT2D eigenvalue weighted by atomic mass is 16.4. The molecule has 0 aromatic heterocycles. The fraction of sp³-hybridized carbons (Fsp3) is 0.375. The number of aromatic carboxylic acids is 1. The Morgan fingerprint density at radius 3 is 2.38 bits per heavy atom. The van der Waals surface area contributed by atoms with Gasteiger partial charge in [0.2, 0.25) is 5.91 Å². The van der Waals surface area contributed by atoms with Gasteiger partial charge in [-0.2, -0.15) is 0 Å². The van der Waals surface area contributed by atoms with E-state index >= 15 is 0 Å². The average Bonchev–Trinajstić information content (AvgIpc) is 3.03. The van der Waals surface area contributed by atoms with Crippen molar-refractivity contribution >= 4 is 23.8 Å². The van der Waals surface area contributed by atoms with Crippen molar-refractivity contribution < 1.29 is 29.4 Å². The van der Waals surface area contributed by atoms with E-state index < -0.39 is 35.8 Å². The summed E-state index contributed by atoms with van der Waals surface area (Å²) >= 11 is 0. The molecule has 1 aromatic rings. The Bertz CT molecular complexity index is 687. The minimum absolute atomic E-state index is 0.0548. The van der Waals surface area contributed by atoms with E-state index in [1.165, 1.54) is 36.1 Å². The van der Waals surface area contributed by atoms with Crippen molar-refractivity contribution in [2.75, 3.05) is 6.54 Å². The molecule has 1 fully saturated rings. The molecule has 0 aliphatic carbocycles. The molecule has 3 N–H and O–H groups in total. The molecule has 0 radical (unpaired) electrons. The van der Waals surface area contributed by atoms with Crippen molar-refractivity contribution in [3.8, 4) is 0 Å². The van der Waals surface area contributed by atoms with Crippen LogP contribution in [0.4, 0.5) is 0 Å². The Kier molecular flexibility index (Phi) is 5.18. The maximum Gasteiger partial charge on any atom is 0.336 e. The summed E-state index contributed by atoms with van der Waals surface area (Å²) in [5, 5.41) is 20.7. The van der Waals surface area contributed by atoms with Crippen molar-refractivity contribution in [2.45, 2.75) is 31.8 Å². The fourth-order valence-electron chi connectivity index (χ4n) is 2.74. The first-order valence-electron chi connectivity index (χ1n) is 7.49. The molecule has 0 unspecified atom stereocenters. The van der Waals surface area contributed by atoms with Crippen LogP contribution in [-0.4, -0.2) is 57.5 Å². The van der Waals surface area contributed by atoms with Crippen LogP contribution in [0.1, 0.15) is 40.5 Å². The van der Waals surface area contributed by atoms with Crippen molar-refractivity contribution in [1.82, 2.24) is 10.2 Å². The van der Waals surface area contributed by atoms with Crippen molar-refractivity contribution in [2.24, 2.45) is 0 Å². The second-order valence-electron chi connectivity index (χ2n) is 5.57. The summed E-state index contributed by atoms with van der Waals surface area (Å²) in [4.78, 5) is 48.2. The largest absolute Gasteiger partial charge is 0.480 e. The number of likely N-dealkylation sites (tertiary alicyclic amines) is 1. The topological polar surface area (TPSA) is 124 Å². The molecule has 8 nitrogen and oxygen atoms in total. The molecule has 2 amide bonds. The normalized spacial score (nSPS) is 18.0. The number of hydrogen-bond acceptors (Lipinski definition) is 4. The van der Waals surface area contributed by atoms with Crippen LogP contribution in [0.2, 0.25) is 0 Å². The quantitative estimate of drug-likeness (QED) is 0.723. The van der Waals surface area contributed by atoms with Crippen LogP contribution in [0.25, 0.3) is 0 Å². The van der Waals surface area contributed by atoms with Gasteiger partial charge in [0.1, 0.15) is 12.1 Å². The molecule has 1 aliphatic heterocycles. The zero-order chi connectivity index (χ0) is 17.9. The predicted octanol–water partition coefficient (Wildman–Crippen LogP) is 0.579. The molecule has 1 aliphatic rings. The number of carbonyl (C=O) groups excluding carboxylic acids is 2. The highest BCUT2D eigenvalue weighted by Crippen LogP contribution is 2.18. The highest BCUT2D eigenvalue weighted by molar-refractivity contribution is 6.06. The SMILES string of the molecule is C[C@H](NC(=O)c1ccccc1C(=O)O)C(=O)N1CCC[C@H]1C(=O)O. The zero-order valence-electron chi connectivity index (χ0n) is 13.1. The summed E-state index contributed by atoms with van der Waals surface area (Å²) in [5.41, 5.74) is -0.222. The first kappa shape index (κ1) is 17.5. The Morgan fingerprint density at radius 1 is 1.17 bits per heavy atom. The van der Waals surface area contributed by atoms with Gasteiger partial charge in [-0.25, -0.2) is 9.59 Å². The number of benzene rings is 1. The van der Waals surface area contributed by atoms with Gasteiger partial charge in [0.05, 0.1) is 11.1 Å². The summed E-state index contributed by atoms with van der Waals surface area (Å²) in [5.74, 6) is -3.51.